The smallest absolute Gasteiger partial charge is 0.135 e. The molecule has 1 aromatic rings. The highest BCUT2D eigenvalue weighted by atomic mass is 15.1. The molecule has 0 atom stereocenters. The van der Waals surface area contributed by atoms with Crippen LogP contribution in [0.2, 0.25) is 0 Å². The normalized spacial score (nSPS) is 18.1. The monoisotopic (exact) mass is 288 g/mol. The fourth-order valence-corrected chi connectivity index (χ4v) is 3.07. The van der Waals surface area contributed by atoms with Gasteiger partial charge in [-0.25, -0.2) is 9.97 Å². The zero-order valence-corrected chi connectivity index (χ0v) is 13.6. The van der Waals surface area contributed by atoms with Crippen molar-refractivity contribution < 1.29 is 0 Å². The molecule has 0 radical (unpaired) electrons. The van der Waals surface area contributed by atoms with Crippen LogP contribution in [0.5, 0.6) is 0 Å². The number of aromatic nitrogens is 2. The van der Waals surface area contributed by atoms with E-state index in [1.54, 1.807) is 0 Å². The molecule has 0 aliphatic heterocycles. The predicted molar refractivity (Wildman–Crippen MR) is 87.8 cm³/mol. The van der Waals surface area contributed by atoms with Crippen molar-refractivity contribution in [2.75, 3.05) is 17.2 Å². The van der Waals surface area contributed by atoms with Crippen LogP contribution in [0.1, 0.15) is 57.3 Å². The summed E-state index contributed by atoms with van der Waals surface area (Å²) >= 11 is 0. The van der Waals surface area contributed by atoms with E-state index in [9.17, 15) is 0 Å². The summed E-state index contributed by atoms with van der Waals surface area (Å²) < 4.78 is 0. The average molecular weight is 288 g/mol. The van der Waals surface area contributed by atoms with Crippen LogP contribution in [-0.4, -0.2) is 22.6 Å². The highest BCUT2D eigenvalue weighted by Gasteiger charge is 2.41. The molecule has 0 spiro atoms. The lowest BCUT2D eigenvalue weighted by Crippen LogP contribution is -2.26. The number of hydrogen-bond donors (Lipinski definition) is 2. The maximum absolute atomic E-state index is 4.80. The van der Waals surface area contributed by atoms with E-state index in [-0.39, 0.29) is 0 Å². The topological polar surface area (TPSA) is 49.8 Å². The minimum atomic E-state index is 0.641. The van der Waals surface area contributed by atoms with Gasteiger partial charge in [0.15, 0.2) is 0 Å². The van der Waals surface area contributed by atoms with Gasteiger partial charge in [0.25, 0.3) is 0 Å². The van der Waals surface area contributed by atoms with Crippen molar-refractivity contribution in [3.05, 3.63) is 11.4 Å². The van der Waals surface area contributed by atoms with Crippen LogP contribution in [0.15, 0.2) is 0 Å². The SMILES string of the molecule is CCCc1nc(NCC)c(C)c(NC(C2CC2)C2CC2)n1. The van der Waals surface area contributed by atoms with E-state index in [0.717, 1.165) is 48.7 Å². The highest BCUT2D eigenvalue weighted by Crippen LogP contribution is 2.46. The van der Waals surface area contributed by atoms with Crippen molar-refractivity contribution >= 4 is 11.6 Å². The van der Waals surface area contributed by atoms with Gasteiger partial charge in [0.05, 0.1) is 0 Å². The van der Waals surface area contributed by atoms with Gasteiger partial charge in [-0.1, -0.05) is 6.92 Å². The Bertz CT molecular complexity index is 480. The van der Waals surface area contributed by atoms with Crippen LogP contribution in [0.3, 0.4) is 0 Å². The first kappa shape index (κ1) is 14.6. The van der Waals surface area contributed by atoms with Gasteiger partial charge in [0.1, 0.15) is 17.5 Å². The lowest BCUT2D eigenvalue weighted by molar-refractivity contribution is 0.564. The third kappa shape index (κ3) is 3.47. The summed E-state index contributed by atoms with van der Waals surface area (Å²) in [7, 11) is 0. The predicted octanol–water partition coefficient (Wildman–Crippen LogP) is 3.77. The first-order valence-corrected chi connectivity index (χ1v) is 8.60. The Morgan fingerprint density at radius 1 is 1.05 bits per heavy atom. The molecule has 0 aromatic carbocycles. The van der Waals surface area contributed by atoms with Crippen molar-refractivity contribution in [2.45, 2.75) is 65.3 Å². The van der Waals surface area contributed by atoms with Crippen molar-refractivity contribution in [1.82, 2.24) is 9.97 Å². The van der Waals surface area contributed by atoms with Crippen molar-refractivity contribution in [1.29, 1.82) is 0 Å². The summed E-state index contributed by atoms with van der Waals surface area (Å²) in [6, 6.07) is 0.641. The summed E-state index contributed by atoms with van der Waals surface area (Å²) in [5.74, 6) is 4.79. The molecule has 3 rings (SSSR count). The summed E-state index contributed by atoms with van der Waals surface area (Å²) in [4.78, 5) is 9.48. The summed E-state index contributed by atoms with van der Waals surface area (Å²) in [5.41, 5.74) is 1.17. The highest BCUT2D eigenvalue weighted by molar-refractivity contribution is 5.58. The molecule has 21 heavy (non-hydrogen) atoms. The number of nitrogens with one attached hydrogen (secondary N) is 2. The first-order chi connectivity index (χ1) is 10.2. The number of nitrogens with zero attached hydrogens (tertiary/aromatic N) is 2. The fraction of sp³-hybridized carbons (Fsp3) is 0.765. The Balaban J connectivity index is 1.83. The molecule has 2 N–H and O–H groups in total. The van der Waals surface area contributed by atoms with Crippen molar-refractivity contribution in [2.24, 2.45) is 11.8 Å². The van der Waals surface area contributed by atoms with Gasteiger partial charge in [0, 0.05) is 24.6 Å². The third-order valence-corrected chi connectivity index (χ3v) is 4.57. The van der Waals surface area contributed by atoms with Crippen LogP contribution in [0, 0.1) is 18.8 Å². The van der Waals surface area contributed by atoms with Crippen molar-refractivity contribution in [3.8, 4) is 0 Å². The van der Waals surface area contributed by atoms with Gasteiger partial charge in [-0.2, -0.15) is 0 Å². The number of anilines is 2. The zero-order chi connectivity index (χ0) is 14.8. The number of hydrogen-bond acceptors (Lipinski definition) is 4. The Morgan fingerprint density at radius 3 is 2.19 bits per heavy atom. The van der Waals surface area contributed by atoms with Crippen LogP contribution in [0.4, 0.5) is 11.6 Å². The van der Waals surface area contributed by atoms with Crippen LogP contribution < -0.4 is 10.6 Å². The molecule has 4 nitrogen and oxygen atoms in total. The average Bonchev–Trinajstić information content (AvgIpc) is 3.35. The van der Waals surface area contributed by atoms with E-state index in [0.29, 0.717) is 6.04 Å². The molecule has 1 heterocycles. The number of aryl methyl sites for hydroxylation is 1. The standard InChI is InChI=1S/C17H28N4/c1-4-6-14-19-16(18-5-2)11(3)17(20-14)21-15(12-7-8-12)13-9-10-13/h12-13,15H,4-10H2,1-3H3,(H2,18,19,20,21). The molecule has 1 aromatic heterocycles. The maximum atomic E-state index is 4.80. The van der Waals surface area contributed by atoms with E-state index in [2.05, 4.69) is 36.4 Å². The Hall–Kier alpha value is -1.32. The van der Waals surface area contributed by atoms with Gasteiger partial charge >= 0.3 is 0 Å². The first-order valence-electron chi connectivity index (χ1n) is 8.60. The van der Waals surface area contributed by atoms with E-state index >= 15 is 0 Å². The molecule has 116 valence electrons. The molecule has 0 unspecified atom stereocenters. The fourth-order valence-electron chi connectivity index (χ4n) is 3.07. The number of rotatable bonds is 8. The molecular weight excluding hydrogens is 260 g/mol. The summed E-state index contributed by atoms with van der Waals surface area (Å²) in [5, 5.41) is 7.16. The van der Waals surface area contributed by atoms with Gasteiger partial charge in [-0.3, -0.25) is 0 Å². The molecule has 2 aliphatic rings. The largest absolute Gasteiger partial charge is 0.370 e. The molecule has 0 bridgehead atoms. The molecule has 2 saturated carbocycles. The zero-order valence-electron chi connectivity index (χ0n) is 13.6. The second kappa shape index (κ2) is 6.20. The Kier molecular flexibility index (Phi) is 4.32. The van der Waals surface area contributed by atoms with Gasteiger partial charge in [-0.05, 0) is 57.8 Å². The summed E-state index contributed by atoms with van der Waals surface area (Å²) in [6.07, 6.45) is 7.59. The van der Waals surface area contributed by atoms with Gasteiger partial charge in [-0.15, -0.1) is 0 Å². The van der Waals surface area contributed by atoms with E-state index < -0.39 is 0 Å². The molecule has 2 aliphatic carbocycles. The molecule has 4 heteroatoms. The van der Waals surface area contributed by atoms with E-state index in [4.69, 9.17) is 4.98 Å². The van der Waals surface area contributed by atoms with Gasteiger partial charge < -0.3 is 10.6 Å². The minimum absolute atomic E-state index is 0.641. The van der Waals surface area contributed by atoms with Crippen LogP contribution >= 0.6 is 0 Å². The van der Waals surface area contributed by atoms with E-state index in [1.165, 1.54) is 31.2 Å². The minimum Gasteiger partial charge on any atom is -0.370 e. The third-order valence-electron chi connectivity index (χ3n) is 4.57. The summed E-state index contributed by atoms with van der Waals surface area (Å²) in [6.45, 7) is 7.33. The molecular formula is C17H28N4. The maximum Gasteiger partial charge on any atom is 0.135 e. The molecule has 2 fully saturated rings. The molecule has 0 saturated heterocycles. The van der Waals surface area contributed by atoms with Crippen LogP contribution in [0.25, 0.3) is 0 Å². The van der Waals surface area contributed by atoms with E-state index in [1.807, 2.05) is 0 Å². The molecule has 0 amide bonds. The second-order valence-electron chi connectivity index (χ2n) is 6.59. The lowest BCUT2D eigenvalue weighted by atomic mass is 10.1. The van der Waals surface area contributed by atoms with Crippen molar-refractivity contribution in [3.63, 3.8) is 0 Å². The van der Waals surface area contributed by atoms with Crippen LogP contribution in [-0.2, 0) is 6.42 Å². The second-order valence-corrected chi connectivity index (χ2v) is 6.59. The quantitative estimate of drug-likeness (QED) is 0.764. The Morgan fingerprint density at radius 2 is 1.67 bits per heavy atom. The lowest BCUT2D eigenvalue weighted by Gasteiger charge is -2.21. The Labute approximate surface area is 128 Å². The van der Waals surface area contributed by atoms with Gasteiger partial charge in [0.2, 0.25) is 0 Å².